The maximum absolute atomic E-state index is 12.0. The summed E-state index contributed by atoms with van der Waals surface area (Å²) in [7, 11) is 1.90. The molecule has 0 saturated heterocycles. The molecule has 2 heterocycles. The maximum Gasteiger partial charge on any atom is 0.177 e. The molecular weight excluding hydrogens is 220 g/mol. The molecule has 4 heteroatoms. The Kier molecular flexibility index (Phi) is 2.92. The number of hydrogen-bond acceptors (Lipinski definition) is 3. The predicted octanol–water partition coefficient (Wildman–Crippen LogP) is 2.52. The minimum atomic E-state index is 0.175. The molecule has 84 valence electrons. The summed E-state index contributed by atoms with van der Waals surface area (Å²) < 4.78 is 1.83. The van der Waals surface area contributed by atoms with Gasteiger partial charge in [-0.25, -0.2) is 0 Å². The molecule has 0 fully saturated rings. The standard InChI is InChI=1S/C12H14N2OS/c1-8-10(9(2)14(3)13-8)7-11(15)12-5-4-6-16-12/h4-6H,7H2,1-3H3. The third-order valence-electron chi connectivity index (χ3n) is 2.79. The summed E-state index contributed by atoms with van der Waals surface area (Å²) in [5.74, 6) is 0.175. The van der Waals surface area contributed by atoms with Gasteiger partial charge >= 0.3 is 0 Å². The Labute approximate surface area is 98.7 Å². The van der Waals surface area contributed by atoms with Crippen molar-refractivity contribution in [2.24, 2.45) is 7.05 Å². The minimum absolute atomic E-state index is 0.175. The van der Waals surface area contributed by atoms with Gasteiger partial charge in [-0.05, 0) is 25.3 Å². The average molecular weight is 234 g/mol. The highest BCUT2D eigenvalue weighted by atomic mass is 32.1. The van der Waals surface area contributed by atoms with Gasteiger partial charge in [-0.1, -0.05) is 6.07 Å². The zero-order valence-electron chi connectivity index (χ0n) is 9.65. The number of rotatable bonds is 3. The Morgan fingerprint density at radius 3 is 2.75 bits per heavy atom. The van der Waals surface area contributed by atoms with Crippen LogP contribution >= 0.6 is 11.3 Å². The van der Waals surface area contributed by atoms with Gasteiger partial charge in [0.1, 0.15) is 0 Å². The lowest BCUT2D eigenvalue weighted by atomic mass is 10.1. The van der Waals surface area contributed by atoms with E-state index in [1.54, 1.807) is 0 Å². The largest absolute Gasteiger partial charge is 0.293 e. The fraction of sp³-hybridized carbons (Fsp3) is 0.333. The summed E-state index contributed by atoms with van der Waals surface area (Å²) in [6.07, 6.45) is 0.450. The van der Waals surface area contributed by atoms with Gasteiger partial charge in [-0.2, -0.15) is 5.10 Å². The van der Waals surface area contributed by atoms with E-state index < -0.39 is 0 Å². The topological polar surface area (TPSA) is 34.9 Å². The predicted molar refractivity (Wildman–Crippen MR) is 65.0 cm³/mol. The number of nitrogens with zero attached hydrogens (tertiary/aromatic N) is 2. The van der Waals surface area contributed by atoms with E-state index in [0.29, 0.717) is 6.42 Å². The average Bonchev–Trinajstić information content (AvgIpc) is 2.83. The Balaban J connectivity index is 2.25. The zero-order valence-corrected chi connectivity index (χ0v) is 10.5. The van der Waals surface area contributed by atoms with Crippen molar-refractivity contribution in [3.63, 3.8) is 0 Å². The van der Waals surface area contributed by atoms with Crippen LogP contribution in [0.5, 0.6) is 0 Å². The first-order valence-electron chi connectivity index (χ1n) is 5.15. The highest BCUT2D eigenvalue weighted by Gasteiger charge is 2.15. The number of thiophene rings is 1. The minimum Gasteiger partial charge on any atom is -0.293 e. The van der Waals surface area contributed by atoms with E-state index in [0.717, 1.165) is 21.8 Å². The second kappa shape index (κ2) is 4.22. The Morgan fingerprint density at radius 1 is 1.50 bits per heavy atom. The van der Waals surface area contributed by atoms with E-state index >= 15 is 0 Å². The lowest BCUT2D eigenvalue weighted by Gasteiger charge is -1.99. The summed E-state index contributed by atoms with van der Waals surface area (Å²) in [5.41, 5.74) is 3.08. The van der Waals surface area contributed by atoms with Gasteiger partial charge < -0.3 is 0 Å². The normalized spacial score (nSPS) is 10.7. The van der Waals surface area contributed by atoms with Crippen molar-refractivity contribution in [3.05, 3.63) is 39.3 Å². The van der Waals surface area contributed by atoms with Crippen molar-refractivity contribution >= 4 is 17.1 Å². The summed E-state index contributed by atoms with van der Waals surface area (Å²) in [4.78, 5) is 12.8. The van der Waals surface area contributed by atoms with Gasteiger partial charge in [0.25, 0.3) is 0 Å². The second-order valence-electron chi connectivity index (χ2n) is 3.85. The molecule has 0 bridgehead atoms. The Hall–Kier alpha value is -1.42. The van der Waals surface area contributed by atoms with Crippen molar-refractivity contribution in [2.45, 2.75) is 20.3 Å². The van der Waals surface area contributed by atoms with Crippen LogP contribution in [0, 0.1) is 13.8 Å². The number of hydrogen-bond donors (Lipinski definition) is 0. The molecule has 0 unspecified atom stereocenters. The van der Waals surface area contributed by atoms with Crippen molar-refractivity contribution < 1.29 is 4.79 Å². The van der Waals surface area contributed by atoms with Gasteiger partial charge in [-0.15, -0.1) is 11.3 Å². The van der Waals surface area contributed by atoms with Crippen LogP contribution < -0.4 is 0 Å². The summed E-state index contributed by atoms with van der Waals surface area (Å²) in [6, 6.07) is 3.77. The van der Waals surface area contributed by atoms with E-state index in [4.69, 9.17) is 0 Å². The van der Waals surface area contributed by atoms with Crippen LogP contribution in [0.25, 0.3) is 0 Å². The molecule has 2 rings (SSSR count). The van der Waals surface area contributed by atoms with Crippen LogP contribution in [-0.4, -0.2) is 15.6 Å². The van der Waals surface area contributed by atoms with Gasteiger partial charge in [0, 0.05) is 24.7 Å². The van der Waals surface area contributed by atoms with Crippen molar-refractivity contribution in [2.75, 3.05) is 0 Å². The Bertz CT molecular complexity index is 511. The van der Waals surface area contributed by atoms with Crippen molar-refractivity contribution in [1.82, 2.24) is 9.78 Å². The quantitative estimate of drug-likeness (QED) is 0.765. The molecule has 0 aliphatic carbocycles. The fourth-order valence-electron chi connectivity index (χ4n) is 1.76. The number of ketones is 1. The monoisotopic (exact) mass is 234 g/mol. The fourth-order valence-corrected chi connectivity index (χ4v) is 2.42. The molecule has 2 aromatic rings. The van der Waals surface area contributed by atoms with E-state index in [1.807, 2.05) is 43.1 Å². The van der Waals surface area contributed by atoms with E-state index in [9.17, 15) is 4.79 Å². The molecule has 0 saturated carbocycles. The molecule has 0 aliphatic rings. The van der Waals surface area contributed by atoms with Gasteiger partial charge in [0.15, 0.2) is 5.78 Å². The summed E-state index contributed by atoms with van der Waals surface area (Å²) >= 11 is 1.49. The third-order valence-corrected chi connectivity index (χ3v) is 3.70. The first-order valence-corrected chi connectivity index (χ1v) is 6.03. The van der Waals surface area contributed by atoms with E-state index in [2.05, 4.69) is 5.10 Å². The molecule has 0 atom stereocenters. The number of carbonyl (C=O) groups is 1. The summed E-state index contributed by atoms with van der Waals surface area (Å²) in [5, 5.41) is 6.24. The van der Waals surface area contributed by atoms with Crippen LogP contribution in [0.4, 0.5) is 0 Å². The zero-order chi connectivity index (χ0) is 11.7. The first kappa shape index (κ1) is 11.1. The van der Waals surface area contributed by atoms with Crippen molar-refractivity contribution in [1.29, 1.82) is 0 Å². The molecule has 16 heavy (non-hydrogen) atoms. The molecule has 0 radical (unpaired) electrons. The molecule has 0 aromatic carbocycles. The molecule has 0 N–H and O–H groups in total. The highest BCUT2D eigenvalue weighted by molar-refractivity contribution is 7.12. The molecular formula is C12H14N2OS. The van der Waals surface area contributed by atoms with Crippen LogP contribution in [0.1, 0.15) is 26.6 Å². The van der Waals surface area contributed by atoms with Gasteiger partial charge in [0.2, 0.25) is 0 Å². The van der Waals surface area contributed by atoms with Crippen LogP contribution in [-0.2, 0) is 13.5 Å². The number of carbonyl (C=O) groups excluding carboxylic acids is 1. The first-order chi connectivity index (χ1) is 7.59. The van der Waals surface area contributed by atoms with Crippen LogP contribution in [0.2, 0.25) is 0 Å². The lowest BCUT2D eigenvalue weighted by Crippen LogP contribution is -2.03. The molecule has 0 amide bonds. The highest BCUT2D eigenvalue weighted by Crippen LogP contribution is 2.17. The Morgan fingerprint density at radius 2 is 2.25 bits per heavy atom. The van der Waals surface area contributed by atoms with Crippen molar-refractivity contribution in [3.8, 4) is 0 Å². The van der Waals surface area contributed by atoms with E-state index in [-0.39, 0.29) is 5.78 Å². The maximum atomic E-state index is 12.0. The second-order valence-corrected chi connectivity index (χ2v) is 4.80. The van der Waals surface area contributed by atoms with Gasteiger partial charge in [-0.3, -0.25) is 9.48 Å². The third kappa shape index (κ3) is 1.93. The van der Waals surface area contributed by atoms with Gasteiger partial charge in [0.05, 0.1) is 10.6 Å². The number of aryl methyl sites for hydroxylation is 2. The molecule has 0 aliphatic heterocycles. The van der Waals surface area contributed by atoms with Crippen LogP contribution in [0.15, 0.2) is 17.5 Å². The SMILES string of the molecule is Cc1nn(C)c(C)c1CC(=O)c1cccs1. The number of Topliss-reactive ketones (excluding diaryl/α,β-unsaturated/α-hetero) is 1. The number of aromatic nitrogens is 2. The smallest absolute Gasteiger partial charge is 0.177 e. The van der Waals surface area contributed by atoms with Crippen LogP contribution in [0.3, 0.4) is 0 Å². The molecule has 0 spiro atoms. The lowest BCUT2D eigenvalue weighted by molar-refractivity contribution is 0.0996. The molecule has 2 aromatic heterocycles. The molecule has 3 nitrogen and oxygen atoms in total. The van der Waals surface area contributed by atoms with E-state index in [1.165, 1.54) is 11.3 Å². The summed E-state index contributed by atoms with van der Waals surface area (Å²) in [6.45, 7) is 3.95.